The number of carbonyl (C=O) groups excluding carboxylic acids is 1. The van der Waals surface area contributed by atoms with E-state index in [2.05, 4.69) is 26.2 Å². The van der Waals surface area contributed by atoms with Crippen LogP contribution in [0.4, 0.5) is 17.2 Å². The summed E-state index contributed by atoms with van der Waals surface area (Å²) in [5.74, 6) is -0.687. The molecule has 0 saturated heterocycles. The highest BCUT2D eigenvalue weighted by atomic mass is 79.9. The van der Waals surface area contributed by atoms with Crippen LogP contribution in [0.15, 0.2) is 34.9 Å². The average Bonchev–Trinajstić information content (AvgIpc) is 2.41. The van der Waals surface area contributed by atoms with Gasteiger partial charge in [0.25, 0.3) is 11.6 Å². The van der Waals surface area contributed by atoms with Crippen LogP contribution in [-0.4, -0.2) is 15.8 Å². The van der Waals surface area contributed by atoms with Crippen molar-refractivity contribution in [1.82, 2.24) is 4.98 Å². The Hall–Kier alpha value is -2.19. The second-order valence-electron chi connectivity index (χ2n) is 3.96. The lowest BCUT2D eigenvalue weighted by Gasteiger charge is -2.08. The fourth-order valence-electron chi connectivity index (χ4n) is 1.57. The molecule has 1 amide bonds. The van der Waals surface area contributed by atoms with E-state index in [0.717, 1.165) is 16.7 Å². The summed E-state index contributed by atoms with van der Waals surface area (Å²) in [4.78, 5) is 26.0. The third-order valence-electron chi connectivity index (χ3n) is 2.52. The van der Waals surface area contributed by atoms with Crippen LogP contribution >= 0.6 is 27.5 Å². The summed E-state index contributed by atoms with van der Waals surface area (Å²) in [6.45, 7) is 0. The van der Waals surface area contributed by atoms with Crippen molar-refractivity contribution in [3.63, 3.8) is 0 Å². The van der Waals surface area contributed by atoms with Gasteiger partial charge in [-0.25, -0.2) is 4.98 Å². The van der Waals surface area contributed by atoms with Gasteiger partial charge in [-0.2, -0.15) is 0 Å². The minimum Gasteiger partial charge on any atom is -0.384 e. The minimum atomic E-state index is -0.704. The number of nitrogens with one attached hydrogen (secondary N) is 1. The monoisotopic (exact) mass is 370 g/mol. The number of rotatable bonds is 3. The van der Waals surface area contributed by atoms with Crippen molar-refractivity contribution in [2.24, 2.45) is 0 Å². The normalized spacial score (nSPS) is 10.2. The summed E-state index contributed by atoms with van der Waals surface area (Å²) in [6.07, 6.45) is 0.938. The zero-order chi connectivity index (χ0) is 15.6. The Labute approximate surface area is 132 Å². The van der Waals surface area contributed by atoms with Crippen LogP contribution in [0, 0.1) is 10.1 Å². The highest BCUT2D eigenvalue weighted by Crippen LogP contribution is 2.27. The average molecular weight is 372 g/mol. The predicted octanol–water partition coefficient (Wildman–Crippen LogP) is 3.24. The van der Waals surface area contributed by atoms with Gasteiger partial charge in [0, 0.05) is 4.47 Å². The zero-order valence-electron chi connectivity index (χ0n) is 10.3. The number of hydrogen-bond donors (Lipinski definition) is 2. The maximum absolute atomic E-state index is 12.2. The Kier molecular flexibility index (Phi) is 4.39. The quantitative estimate of drug-likeness (QED) is 0.635. The minimum absolute atomic E-state index is 0.00709. The van der Waals surface area contributed by atoms with Crippen LogP contribution in [0.2, 0.25) is 5.02 Å². The van der Waals surface area contributed by atoms with Crippen molar-refractivity contribution in [2.75, 3.05) is 11.1 Å². The third kappa shape index (κ3) is 3.47. The Bertz CT molecular complexity index is 738. The summed E-state index contributed by atoms with van der Waals surface area (Å²) < 4.78 is 0.740. The number of benzene rings is 1. The van der Waals surface area contributed by atoms with E-state index >= 15 is 0 Å². The van der Waals surface area contributed by atoms with E-state index in [1.54, 1.807) is 18.2 Å². The first kappa shape index (κ1) is 15.2. The lowest BCUT2D eigenvalue weighted by molar-refractivity contribution is -0.385. The van der Waals surface area contributed by atoms with Crippen molar-refractivity contribution >= 4 is 50.6 Å². The fourth-order valence-corrected chi connectivity index (χ4v) is 2.29. The molecule has 0 bridgehead atoms. The van der Waals surface area contributed by atoms with Crippen LogP contribution in [0.25, 0.3) is 0 Å². The number of nitro groups is 1. The van der Waals surface area contributed by atoms with E-state index in [1.165, 1.54) is 0 Å². The van der Waals surface area contributed by atoms with Gasteiger partial charge in [-0.15, -0.1) is 0 Å². The molecular formula is C12H8BrClN4O3. The number of anilines is 2. The molecule has 0 fully saturated rings. The highest BCUT2D eigenvalue weighted by Gasteiger charge is 2.21. The number of hydrogen-bond acceptors (Lipinski definition) is 5. The standard InChI is InChI=1S/C12H8BrClN4O3/c13-6-1-2-9(8(14)3-6)17-12(19)7-4-11(15)16-5-10(7)18(20)21/h1-5H,(H2,15,16)(H,17,19). The number of halogens is 2. The van der Waals surface area contributed by atoms with E-state index in [9.17, 15) is 14.9 Å². The number of nitrogens with zero attached hydrogens (tertiary/aromatic N) is 2. The van der Waals surface area contributed by atoms with E-state index in [4.69, 9.17) is 17.3 Å². The van der Waals surface area contributed by atoms with Crippen LogP contribution in [0.1, 0.15) is 10.4 Å². The van der Waals surface area contributed by atoms with Gasteiger partial charge in [-0.05, 0) is 24.3 Å². The van der Waals surface area contributed by atoms with Gasteiger partial charge in [0.05, 0.1) is 15.6 Å². The molecule has 0 aliphatic rings. The molecule has 0 aliphatic carbocycles. The topological polar surface area (TPSA) is 111 Å². The number of nitrogens with two attached hydrogens (primary N) is 1. The Morgan fingerprint density at radius 1 is 1.43 bits per heavy atom. The first-order valence-corrected chi connectivity index (χ1v) is 6.72. The summed E-state index contributed by atoms with van der Waals surface area (Å²) in [7, 11) is 0. The smallest absolute Gasteiger partial charge is 0.300 e. The molecule has 2 aromatic rings. The molecule has 7 nitrogen and oxygen atoms in total. The van der Waals surface area contributed by atoms with Crippen molar-refractivity contribution in [1.29, 1.82) is 0 Å². The molecule has 21 heavy (non-hydrogen) atoms. The van der Waals surface area contributed by atoms with Gasteiger partial charge in [0.15, 0.2) is 0 Å². The van der Waals surface area contributed by atoms with Crippen molar-refractivity contribution in [2.45, 2.75) is 0 Å². The van der Waals surface area contributed by atoms with Crippen LogP contribution in [-0.2, 0) is 0 Å². The molecule has 108 valence electrons. The molecule has 3 N–H and O–H groups in total. The second kappa shape index (κ2) is 6.06. The second-order valence-corrected chi connectivity index (χ2v) is 5.28. The van der Waals surface area contributed by atoms with Gasteiger partial charge >= 0.3 is 0 Å². The van der Waals surface area contributed by atoms with Crippen LogP contribution in [0.5, 0.6) is 0 Å². The number of amides is 1. The first-order chi connectivity index (χ1) is 9.88. The predicted molar refractivity (Wildman–Crippen MR) is 82.4 cm³/mol. The Morgan fingerprint density at radius 2 is 2.14 bits per heavy atom. The number of pyridine rings is 1. The van der Waals surface area contributed by atoms with Crippen LogP contribution in [0.3, 0.4) is 0 Å². The Balaban J connectivity index is 2.36. The zero-order valence-corrected chi connectivity index (χ0v) is 12.7. The molecule has 0 radical (unpaired) electrons. The van der Waals surface area contributed by atoms with Gasteiger partial charge in [0.2, 0.25) is 0 Å². The van der Waals surface area contributed by atoms with Crippen molar-refractivity contribution < 1.29 is 9.72 Å². The molecule has 1 aromatic heterocycles. The van der Waals surface area contributed by atoms with Crippen molar-refractivity contribution in [3.05, 3.63) is 55.6 Å². The molecule has 0 spiro atoms. The van der Waals surface area contributed by atoms with E-state index in [0.29, 0.717) is 10.7 Å². The number of nitrogen functional groups attached to an aromatic ring is 1. The number of aromatic nitrogens is 1. The molecule has 0 aliphatic heterocycles. The third-order valence-corrected chi connectivity index (χ3v) is 3.33. The lowest BCUT2D eigenvalue weighted by Crippen LogP contribution is -2.15. The molecule has 0 atom stereocenters. The SMILES string of the molecule is Nc1cc(C(=O)Nc2ccc(Br)cc2Cl)c([N+](=O)[O-])cn1. The van der Waals surface area contributed by atoms with Gasteiger partial charge in [-0.1, -0.05) is 27.5 Å². The maximum Gasteiger partial charge on any atom is 0.300 e. The van der Waals surface area contributed by atoms with Gasteiger partial charge in [0.1, 0.15) is 17.6 Å². The summed E-state index contributed by atoms with van der Waals surface area (Å²) >= 11 is 9.22. The Morgan fingerprint density at radius 3 is 2.76 bits per heavy atom. The fraction of sp³-hybridized carbons (Fsp3) is 0. The van der Waals surface area contributed by atoms with E-state index < -0.39 is 16.5 Å². The molecule has 1 heterocycles. The van der Waals surface area contributed by atoms with Crippen LogP contribution < -0.4 is 11.1 Å². The first-order valence-electron chi connectivity index (χ1n) is 5.55. The van der Waals surface area contributed by atoms with E-state index in [-0.39, 0.29) is 11.4 Å². The maximum atomic E-state index is 12.2. The van der Waals surface area contributed by atoms with Gasteiger partial charge < -0.3 is 11.1 Å². The molecule has 1 aromatic carbocycles. The summed E-state index contributed by atoms with van der Waals surface area (Å²) in [6, 6.07) is 5.98. The molecule has 2 rings (SSSR count). The lowest BCUT2D eigenvalue weighted by atomic mass is 10.2. The molecule has 9 heteroatoms. The van der Waals surface area contributed by atoms with Gasteiger partial charge in [-0.3, -0.25) is 14.9 Å². The molecule has 0 saturated carbocycles. The molecular weight excluding hydrogens is 364 g/mol. The van der Waals surface area contributed by atoms with Crippen molar-refractivity contribution in [3.8, 4) is 0 Å². The highest BCUT2D eigenvalue weighted by molar-refractivity contribution is 9.10. The largest absolute Gasteiger partial charge is 0.384 e. The number of carbonyl (C=O) groups is 1. The van der Waals surface area contributed by atoms with E-state index in [1.807, 2.05) is 0 Å². The summed E-state index contributed by atoms with van der Waals surface area (Å²) in [5.41, 5.74) is 5.17. The summed E-state index contributed by atoms with van der Waals surface area (Å²) in [5, 5.41) is 13.7. The molecule has 0 unspecified atom stereocenters.